The number of rotatable bonds is 6. The highest BCUT2D eigenvalue weighted by molar-refractivity contribution is 6.62. The Bertz CT molecular complexity index is 360. The fraction of sp³-hybridized carbons (Fsp3) is 0.583. The van der Waals surface area contributed by atoms with E-state index in [2.05, 4.69) is 11.4 Å². The molecule has 0 fully saturated rings. The molecule has 0 atom stereocenters. The lowest BCUT2D eigenvalue weighted by Gasteiger charge is -2.17. The normalized spacial score (nSPS) is 10.3. The first-order chi connectivity index (χ1) is 7.81. The highest BCUT2D eigenvalue weighted by atomic mass is 16.6. The molecule has 0 aliphatic carbocycles. The van der Waals surface area contributed by atoms with Crippen molar-refractivity contribution in [2.45, 2.75) is 45.6 Å². The second kappa shape index (κ2) is 6.76. The van der Waals surface area contributed by atoms with Crippen molar-refractivity contribution in [3.63, 3.8) is 0 Å². The van der Waals surface area contributed by atoms with Gasteiger partial charge in [0.15, 0.2) is 0 Å². The van der Waals surface area contributed by atoms with Crippen LogP contribution < -0.4 is 0 Å². The number of carbonyl (C=O) groups excluding carboxylic acids is 2. The number of unbranched alkanes of at least 4 members (excludes halogenated alkanes) is 1. The van der Waals surface area contributed by atoms with Gasteiger partial charge in [0.2, 0.25) is 0 Å². The maximum absolute atomic E-state index is 11.6. The number of esters is 1. The molecule has 17 heavy (non-hydrogen) atoms. The van der Waals surface area contributed by atoms with Gasteiger partial charge in [0.05, 0.1) is 0 Å². The minimum Gasteiger partial charge on any atom is -0.451 e. The van der Waals surface area contributed by atoms with Gasteiger partial charge in [-0.05, 0) is 33.6 Å². The first kappa shape index (κ1) is 15.3. The van der Waals surface area contributed by atoms with Gasteiger partial charge in [-0.1, -0.05) is 6.08 Å². The average molecular weight is 238 g/mol. The maximum Gasteiger partial charge on any atom is 0.441 e. The van der Waals surface area contributed by atoms with Gasteiger partial charge in [0, 0.05) is 6.42 Å². The molecule has 0 radical (unpaired) electrons. The van der Waals surface area contributed by atoms with Crippen LogP contribution in [0.25, 0.3) is 5.53 Å². The van der Waals surface area contributed by atoms with Gasteiger partial charge in [-0.2, -0.15) is 4.79 Å². The molecule has 0 spiro atoms. The highest BCUT2D eigenvalue weighted by Crippen LogP contribution is 2.08. The van der Waals surface area contributed by atoms with Crippen LogP contribution in [0.2, 0.25) is 0 Å². The summed E-state index contributed by atoms with van der Waals surface area (Å²) < 4.78 is 4.95. The van der Waals surface area contributed by atoms with Crippen molar-refractivity contribution >= 4 is 17.5 Å². The van der Waals surface area contributed by atoms with Crippen molar-refractivity contribution in [2.75, 3.05) is 0 Å². The van der Waals surface area contributed by atoms with Crippen molar-refractivity contribution in [1.82, 2.24) is 0 Å². The van der Waals surface area contributed by atoms with Gasteiger partial charge in [-0.15, -0.1) is 6.58 Å². The lowest BCUT2D eigenvalue weighted by Crippen LogP contribution is -2.33. The summed E-state index contributed by atoms with van der Waals surface area (Å²) in [6, 6.07) is 0. The van der Waals surface area contributed by atoms with E-state index in [9.17, 15) is 9.59 Å². The van der Waals surface area contributed by atoms with Crippen LogP contribution in [0.3, 0.4) is 0 Å². The molecular formula is C12H18N2O3. The van der Waals surface area contributed by atoms with E-state index in [1.165, 1.54) is 0 Å². The number of nitrogens with zero attached hydrogens (tertiary/aromatic N) is 2. The summed E-state index contributed by atoms with van der Waals surface area (Å²) in [6.45, 7) is 8.53. The Hall–Kier alpha value is -1.74. The zero-order chi connectivity index (χ0) is 13.5. The standard InChI is InChI=1S/C12H18N2O3/c1-5-6-7-8-9(15)10(14-13)11(16)17-12(2,3)4/h5H,1,6-8H2,2-4H3. The number of carbonyl (C=O) groups is 2. The number of hydrogen-bond acceptors (Lipinski definition) is 3. The molecule has 0 saturated carbocycles. The summed E-state index contributed by atoms with van der Waals surface area (Å²) in [5.74, 6) is -1.42. The molecule has 0 rings (SSSR count). The summed E-state index contributed by atoms with van der Waals surface area (Å²) in [6.07, 6.45) is 3.03. The highest BCUT2D eigenvalue weighted by Gasteiger charge is 2.33. The predicted octanol–water partition coefficient (Wildman–Crippen LogP) is 1.92. The molecule has 0 saturated heterocycles. The van der Waals surface area contributed by atoms with Gasteiger partial charge in [0.25, 0.3) is 5.78 Å². The summed E-state index contributed by atoms with van der Waals surface area (Å²) in [4.78, 5) is 25.8. The quantitative estimate of drug-likeness (QED) is 0.135. The molecule has 94 valence electrons. The van der Waals surface area contributed by atoms with E-state index < -0.39 is 23.1 Å². The van der Waals surface area contributed by atoms with Crippen LogP contribution in [-0.2, 0) is 14.3 Å². The van der Waals surface area contributed by atoms with E-state index in [1.807, 2.05) is 0 Å². The van der Waals surface area contributed by atoms with E-state index in [1.54, 1.807) is 26.8 Å². The second-order valence-corrected chi connectivity index (χ2v) is 4.55. The number of ketones is 1. The lowest BCUT2D eigenvalue weighted by atomic mass is 10.1. The van der Waals surface area contributed by atoms with Gasteiger partial charge < -0.3 is 10.3 Å². The Morgan fingerprint density at radius 2 is 2.00 bits per heavy atom. The fourth-order valence-electron chi connectivity index (χ4n) is 1.06. The minimum atomic E-state index is -0.899. The topological polar surface area (TPSA) is 79.8 Å². The van der Waals surface area contributed by atoms with Crippen molar-refractivity contribution < 1.29 is 19.1 Å². The molecular weight excluding hydrogens is 220 g/mol. The van der Waals surface area contributed by atoms with Gasteiger partial charge in [-0.25, -0.2) is 4.79 Å². The molecule has 0 aromatic rings. The molecule has 0 aliphatic heterocycles. The molecule has 0 bridgehead atoms. The molecule has 0 amide bonds. The van der Waals surface area contributed by atoms with Crippen LogP contribution in [0.1, 0.15) is 40.0 Å². The van der Waals surface area contributed by atoms with Crippen LogP contribution in [0.15, 0.2) is 12.7 Å². The molecule has 0 heterocycles. The maximum atomic E-state index is 11.6. The average Bonchev–Trinajstić information content (AvgIpc) is 2.16. The molecule has 0 aliphatic rings. The fourth-order valence-corrected chi connectivity index (χ4v) is 1.06. The van der Waals surface area contributed by atoms with E-state index in [0.29, 0.717) is 12.8 Å². The van der Waals surface area contributed by atoms with Gasteiger partial charge in [-0.3, -0.25) is 4.79 Å². The third-order valence-electron chi connectivity index (χ3n) is 1.77. The van der Waals surface area contributed by atoms with E-state index in [-0.39, 0.29) is 6.42 Å². The van der Waals surface area contributed by atoms with Gasteiger partial charge >= 0.3 is 11.7 Å². The van der Waals surface area contributed by atoms with E-state index in [0.717, 1.165) is 0 Å². The Balaban J connectivity index is 4.53. The Labute approximate surface area is 101 Å². The van der Waals surface area contributed by atoms with Gasteiger partial charge in [0.1, 0.15) is 5.60 Å². The summed E-state index contributed by atoms with van der Waals surface area (Å²) in [7, 11) is 0. The second-order valence-electron chi connectivity index (χ2n) is 4.55. The third kappa shape index (κ3) is 6.43. The van der Waals surface area contributed by atoms with Crippen molar-refractivity contribution in [2.24, 2.45) is 0 Å². The van der Waals surface area contributed by atoms with E-state index in [4.69, 9.17) is 10.3 Å². The van der Waals surface area contributed by atoms with Crippen LogP contribution >= 0.6 is 0 Å². The summed E-state index contributed by atoms with van der Waals surface area (Å²) in [5, 5.41) is 0. The largest absolute Gasteiger partial charge is 0.451 e. The lowest BCUT2D eigenvalue weighted by molar-refractivity contribution is -0.152. The molecule has 0 unspecified atom stereocenters. The van der Waals surface area contributed by atoms with Crippen LogP contribution in [-0.4, -0.2) is 27.9 Å². The van der Waals surface area contributed by atoms with E-state index >= 15 is 0 Å². The monoisotopic (exact) mass is 238 g/mol. The van der Waals surface area contributed by atoms with Crippen molar-refractivity contribution in [3.05, 3.63) is 18.2 Å². The van der Waals surface area contributed by atoms with Crippen LogP contribution in [0.4, 0.5) is 0 Å². The molecule has 0 aromatic heterocycles. The number of ether oxygens (including phenoxy) is 1. The first-order valence-corrected chi connectivity index (χ1v) is 5.41. The van der Waals surface area contributed by atoms with Crippen LogP contribution in [0.5, 0.6) is 0 Å². The Morgan fingerprint density at radius 3 is 2.41 bits per heavy atom. The molecule has 5 nitrogen and oxygen atoms in total. The SMILES string of the molecule is C=CCCCC(=O)C(=[N+]=[N-])C(=O)OC(C)(C)C. The Kier molecular flexibility index (Phi) is 6.07. The summed E-state index contributed by atoms with van der Waals surface area (Å²) >= 11 is 0. The zero-order valence-corrected chi connectivity index (χ0v) is 10.5. The Morgan fingerprint density at radius 1 is 1.41 bits per heavy atom. The smallest absolute Gasteiger partial charge is 0.441 e. The first-order valence-electron chi connectivity index (χ1n) is 5.41. The third-order valence-corrected chi connectivity index (χ3v) is 1.77. The van der Waals surface area contributed by atoms with Crippen molar-refractivity contribution in [3.8, 4) is 0 Å². The number of hydrogen-bond donors (Lipinski definition) is 0. The molecule has 0 aromatic carbocycles. The molecule has 0 N–H and O–H groups in total. The minimum absolute atomic E-state index is 0.130. The van der Waals surface area contributed by atoms with Crippen LogP contribution in [0, 0.1) is 0 Å². The molecule has 5 heteroatoms. The number of Topliss-reactive ketones (excluding diaryl/α,β-unsaturated/α-hetero) is 1. The zero-order valence-electron chi connectivity index (χ0n) is 10.5. The summed E-state index contributed by atoms with van der Waals surface area (Å²) in [5.41, 5.74) is 7.39. The number of allylic oxidation sites excluding steroid dienone is 1. The predicted molar refractivity (Wildman–Crippen MR) is 63.5 cm³/mol. The van der Waals surface area contributed by atoms with Crippen molar-refractivity contribution in [1.29, 1.82) is 0 Å².